The number of carbonyl (C=O) groups excluding carboxylic acids is 1. The Hall–Kier alpha value is -2.25. The van der Waals surface area contributed by atoms with E-state index in [0.29, 0.717) is 6.29 Å². The highest BCUT2D eigenvalue weighted by Gasteiger charge is 2.37. The fourth-order valence-corrected chi connectivity index (χ4v) is 2.76. The molecule has 2 unspecified atom stereocenters. The summed E-state index contributed by atoms with van der Waals surface area (Å²) in [5.74, 6) is -2.03. The maximum absolute atomic E-state index is 14.5. The monoisotopic (exact) mass is 409 g/mol. The van der Waals surface area contributed by atoms with E-state index in [0.717, 1.165) is 22.0 Å². The van der Waals surface area contributed by atoms with Gasteiger partial charge in [0.05, 0.1) is 0 Å². The van der Waals surface area contributed by atoms with Gasteiger partial charge in [0.1, 0.15) is 22.4 Å². The summed E-state index contributed by atoms with van der Waals surface area (Å²) in [6.07, 6.45) is -3.93. The molecule has 4 N–H and O–H groups in total. The molecule has 1 aromatic carbocycles. The van der Waals surface area contributed by atoms with Crippen molar-refractivity contribution in [3.8, 4) is 0 Å². The summed E-state index contributed by atoms with van der Waals surface area (Å²) in [6, 6.07) is 2.05. The lowest BCUT2D eigenvalue weighted by Gasteiger charge is -2.25. The summed E-state index contributed by atoms with van der Waals surface area (Å²) in [6.45, 7) is 0. The van der Waals surface area contributed by atoms with Crippen LogP contribution in [0.4, 0.5) is 24.5 Å². The zero-order chi connectivity index (χ0) is 19.6. The number of hydrazone groups is 1. The van der Waals surface area contributed by atoms with Crippen molar-refractivity contribution in [2.75, 3.05) is 23.3 Å². The lowest BCUT2D eigenvalue weighted by Crippen LogP contribution is -2.42. The lowest BCUT2D eigenvalue weighted by atomic mass is 10.1. The van der Waals surface area contributed by atoms with Gasteiger partial charge in [-0.25, -0.2) is 22.4 Å². The van der Waals surface area contributed by atoms with Crippen LogP contribution in [-0.4, -0.2) is 56.3 Å². The number of likely N-dealkylation sites (N-methyl/N-ethyl adjacent to an activating group) is 1. The van der Waals surface area contributed by atoms with Crippen LogP contribution in [0, 0.1) is 5.82 Å². The SMILES string of the molecule is CN1C(C(F)F)=NN(c2cc(NCS(=O)O)c(C(N)=S)cc2F)C1C=O. The average Bonchev–Trinajstić information content (AvgIpc) is 2.89. The van der Waals surface area contributed by atoms with Crippen LogP contribution in [0.25, 0.3) is 0 Å². The Labute approximate surface area is 154 Å². The van der Waals surface area contributed by atoms with Gasteiger partial charge in [0.2, 0.25) is 0 Å². The number of hydrogen-bond acceptors (Lipinski definition) is 7. The summed E-state index contributed by atoms with van der Waals surface area (Å²) in [4.78, 5) is 12.0. The van der Waals surface area contributed by atoms with E-state index >= 15 is 0 Å². The maximum atomic E-state index is 14.5. The first-order valence-electron chi connectivity index (χ1n) is 6.96. The quantitative estimate of drug-likeness (QED) is 0.346. The molecule has 0 saturated heterocycles. The number of carbonyl (C=O) groups is 1. The second-order valence-electron chi connectivity index (χ2n) is 5.12. The third-order valence-corrected chi connectivity index (χ3v) is 4.13. The van der Waals surface area contributed by atoms with E-state index in [2.05, 4.69) is 10.4 Å². The molecule has 1 heterocycles. The molecule has 8 nitrogen and oxygen atoms in total. The second kappa shape index (κ2) is 7.97. The van der Waals surface area contributed by atoms with Crippen LogP contribution in [0.1, 0.15) is 5.56 Å². The Kier molecular flexibility index (Phi) is 6.15. The number of nitrogens with one attached hydrogen (secondary N) is 1. The van der Waals surface area contributed by atoms with Gasteiger partial charge in [-0.05, 0) is 12.1 Å². The number of rotatable bonds is 7. The molecule has 1 aliphatic rings. The largest absolute Gasteiger partial charge is 0.389 e. The topological polar surface area (TPSA) is 111 Å². The molecule has 0 amide bonds. The molecule has 0 radical (unpaired) electrons. The van der Waals surface area contributed by atoms with Crippen molar-refractivity contribution in [1.82, 2.24) is 4.90 Å². The van der Waals surface area contributed by atoms with E-state index in [1.54, 1.807) is 0 Å². The number of thiocarbonyl (C=S) groups is 1. The molecular formula is C13H14F3N5O3S2. The number of anilines is 2. The summed E-state index contributed by atoms with van der Waals surface area (Å²) in [5, 5.41) is 6.96. The van der Waals surface area contributed by atoms with Gasteiger partial charge in [-0.1, -0.05) is 12.2 Å². The van der Waals surface area contributed by atoms with Gasteiger partial charge in [-0.15, -0.1) is 0 Å². The predicted octanol–water partition coefficient (Wildman–Crippen LogP) is 0.906. The molecule has 2 atom stereocenters. The third kappa shape index (κ3) is 3.94. The Balaban J connectivity index is 2.54. The van der Waals surface area contributed by atoms with E-state index < -0.39 is 41.2 Å². The van der Waals surface area contributed by atoms with Crippen LogP contribution in [0.3, 0.4) is 0 Å². The predicted molar refractivity (Wildman–Crippen MR) is 95.1 cm³/mol. The molecular weight excluding hydrogens is 395 g/mol. The Morgan fingerprint density at radius 3 is 2.73 bits per heavy atom. The van der Waals surface area contributed by atoms with Crippen molar-refractivity contribution >= 4 is 51.8 Å². The Bertz CT molecular complexity index is 793. The van der Waals surface area contributed by atoms with Crippen LogP contribution < -0.4 is 16.1 Å². The van der Waals surface area contributed by atoms with Crippen LogP contribution in [-0.2, 0) is 15.9 Å². The zero-order valence-corrected chi connectivity index (χ0v) is 14.9. The molecule has 0 aliphatic carbocycles. The van der Waals surface area contributed by atoms with Gasteiger partial charge in [-0.2, -0.15) is 5.10 Å². The zero-order valence-electron chi connectivity index (χ0n) is 13.2. The lowest BCUT2D eigenvalue weighted by molar-refractivity contribution is -0.110. The van der Waals surface area contributed by atoms with Gasteiger partial charge in [0.25, 0.3) is 6.43 Å². The van der Waals surface area contributed by atoms with Crippen molar-refractivity contribution in [1.29, 1.82) is 0 Å². The third-order valence-electron chi connectivity index (χ3n) is 3.52. The minimum atomic E-state index is -2.97. The molecule has 2 rings (SSSR count). The molecule has 13 heteroatoms. The molecule has 0 aromatic heterocycles. The van der Waals surface area contributed by atoms with Crippen molar-refractivity contribution in [3.05, 3.63) is 23.5 Å². The average molecular weight is 409 g/mol. The highest BCUT2D eigenvalue weighted by molar-refractivity contribution is 7.80. The standard InChI is InChI=1S/C13H14F3N5O3S2/c1-20-10(4-22)21(19-13(20)11(15)16)9-3-8(18-5-26(23)24)6(12(17)25)2-7(9)14/h2-4,10-11,18H,5H2,1H3,(H2,17,25)(H,23,24). The number of hydrogen-bond donors (Lipinski definition) is 3. The first kappa shape index (κ1) is 20.1. The summed E-state index contributed by atoms with van der Waals surface area (Å²) in [7, 11) is 1.22. The van der Waals surface area contributed by atoms with Crippen molar-refractivity contribution < 1.29 is 26.7 Å². The number of nitrogens with zero attached hydrogens (tertiary/aromatic N) is 3. The smallest absolute Gasteiger partial charge is 0.297 e. The Morgan fingerprint density at radius 2 is 2.23 bits per heavy atom. The van der Waals surface area contributed by atoms with Gasteiger partial charge >= 0.3 is 0 Å². The van der Waals surface area contributed by atoms with Crippen LogP contribution in [0.2, 0.25) is 0 Å². The number of alkyl halides is 2. The van der Waals surface area contributed by atoms with Crippen LogP contribution in [0.15, 0.2) is 17.2 Å². The number of aldehydes is 1. The minimum Gasteiger partial charge on any atom is -0.389 e. The number of amidine groups is 1. The van der Waals surface area contributed by atoms with Gasteiger partial charge in [0, 0.05) is 18.3 Å². The fraction of sp³-hybridized carbons (Fsp3) is 0.308. The first-order valence-corrected chi connectivity index (χ1v) is 8.64. The second-order valence-corrected chi connectivity index (χ2v) is 6.49. The molecule has 0 bridgehead atoms. The van der Waals surface area contributed by atoms with E-state index in [1.807, 2.05) is 0 Å². The van der Waals surface area contributed by atoms with E-state index in [-0.39, 0.29) is 21.9 Å². The van der Waals surface area contributed by atoms with E-state index in [9.17, 15) is 22.2 Å². The van der Waals surface area contributed by atoms with E-state index in [4.69, 9.17) is 22.5 Å². The molecule has 0 saturated carbocycles. The summed E-state index contributed by atoms with van der Waals surface area (Å²) >= 11 is 2.59. The number of halogens is 3. The highest BCUT2D eigenvalue weighted by Crippen LogP contribution is 2.32. The molecule has 1 aromatic rings. The molecule has 142 valence electrons. The summed E-state index contributed by atoms with van der Waals surface area (Å²) in [5.41, 5.74) is 5.33. The molecule has 0 fully saturated rings. The van der Waals surface area contributed by atoms with Crippen LogP contribution in [0.5, 0.6) is 0 Å². The van der Waals surface area contributed by atoms with E-state index in [1.165, 1.54) is 7.05 Å². The fourth-order valence-electron chi connectivity index (χ4n) is 2.31. The number of nitrogens with two attached hydrogens (primary N) is 1. The van der Waals surface area contributed by atoms with Crippen LogP contribution >= 0.6 is 12.2 Å². The van der Waals surface area contributed by atoms with Gasteiger partial charge < -0.3 is 20.5 Å². The first-order chi connectivity index (χ1) is 12.2. The van der Waals surface area contributed by atoms with Crippen molar-refractivity contribution in [2.24, 2.45) is 10.8 Å². The van der Waals surface area contributed by atoms with Crippen molar-refractivity contribution in [3.63, 3.8) is 0 Å². The highest BCUT2D eigenvalue weighted by atomic mass is 32.2. The van der Waals surface area contributed by atoms with Crippen molar-refractivity contribution in [2.45, 2.75) is 12.6 Å². The van der Waals surface area contributed by atoms with Gasteiger partial charge in [-0.3, -0.25) is 4.79 Å². The summed E-state index contributed by atoms with van der Waals surface area (Å²) < 4.78 is 60.3. The Morgan fingerprint density at radius 1 is 1.58 bits per heavy atom. The molecule has 0 spiro atoms. The molecule has 1 aliphatic heterocycles. The normalized spacial score (nSPS) is 18.1. The molecule has 26 heavy (non-hydrogen) atoms. The maximum Gasteiger partial charge on any atom is 0.297 e. The minimum absolute atomic E-state index is 0.0416. The van der Waals surface area contributed by atoms with Gasteiger partial charge in [0.15, 0.2) is 29.4 Å². The number of benzene rings is 1.